The maximum absolute atomic E-state index is 10.4. The Labute approximate surface area is 190 Å². The fourth-order valence-corrected chi connectivity index (χ4v) is 4.04. The zero-order valence-corrected chi connectivity index (χ0v) is 18.0. The van der Waals surface area contributed by atoms with Crippen LogP contribution in [0.4, 0.5) is 0 Å². The average Bonchev–Trinajstić information content (AvgIpc) is 3.50. The minimum atomic E-state index is -1.06. The van der Waals surface area contributed by atoms with Gasteiger partial charge in [-0.1, -0.05) is 30.3 Å². The quantitative estimate of drug-likeness (QED) is 0.424. The highest BCUT2D eigenvalue weighted by molar-refractivity contribution is 5.68. The molecule has 1 aliphatic rings. The summed E-state index contributed by atoms with van der Waals surface area (Å²) in [5, 5.41) is 38.2. The fourth-order valence-electron chi connectivity index (χ4n) is 4.04. The molecule has 1 saturated heterocycles. The number of hydrogen-bond donors (Lipinski definition) is 3. The van der Waals surface area contributed by atoms with Gasteiger partial charge in [0, 0.05) is 12.0 Å². The Bertz CT molecular complexity index is 1230. The number of nitrogens with zero attached hydrogens (tertiary/aromatic N) is 2. The molecule has 0 radical (unpaired) electrons. The van der Waals surface area contributed by atoms with Crippen LogP contribution in [0.25, 0.3) is 34.2 Å². The predicted molar refractivity (Wildman–Crippen MR) is 119 cm³/mol. The third kappa shape index (κ3) is 4.34. The lowest BCUT2D eigenvalue weighted by atomic mass is 9.91. The molecule has 33 heavy (non-hydrogen) atoms. The first-order valence-electron chi connectivity index (χ1n) is 10.8. The van der Waals surface area contributed by atoms with E-state index < -0.39 is 24.4 Å². The van der Waals surface area contributed by atoms with Crippen LogP contribution in [0.15, 0.2) is 69.5 Å². The molecule has 0 bridgehead atoms. The first kappa shape index (κ1) is 21.5. The summed E-state index contributed by atoms with van der Waals surface area (Å²) in [4.78, 5) is 0. The van der Waals surface area contributed by atoms with Gasteiger partial charge in [-0.3, -0.25) is 0 Å². The zero-order valence-electron chi connectivity index (χ0n) is 18.0. The van der Waals surface area contributed by atoms with Crippen molar-refractivity contribution in [2.75, 3.05) is 6.61 Å². The molecule has 4 aromatic rings. The highest BCUT2D eigenvalue weighted by atomic mass is 16.5. The van der Waals surface area contributed by atoms with Crippen molar-refractivity contribution < 1.29 is 28.9 Å². The molecule has 0 saturated carbocycles. The Morgan fingerprint density at radius 2 is 1.64 bits per heavy atom. The summed E-state index contributed by atoms with van der Waals surface area (Å²) in [6.07, 6.45) is -3.04. The van der Waals surface area contributed by atoms with Crippen LogP contribution in [0.2, 0.25) is 0 Å². The largest absolute Gasteiger partial charge is 0.456 e. The van der Waals surface area contributed by atoms with Crippen molar-refractivity contribution in [1.29, 1.82) is 0 Å². The highest BCUT2D eigenvalue weighted by Gasteiger charge is 2.37. The number of ether oxygens (including phenoxy) is 1. The summed E-state index contributed by atoms with van der Waals surface area (Å²) >= 11 is 0. The summed E-state index contributed by atoms with van der Waals surface area (Å²) in [7, 11) is 0. The van der Waals surface area contributed by atoms with Gasteiger partial charge in [0.1, 0.15) is 18.0 Å². The number of aryl methyl sites for hydroxylation is 1. The van der Waals surface area contributed by atoms with E-state index in [0.29, 0.717) is 17.5 Å². The van der Waals surface area contributed by atoms with Crippen LogP contribution in [0.5, 0.6) is 0 Å². The van der Waals surface area contributed by atoms with E-state index >= 15 is 0 Å². The van der Waals surface area contributed by atoms with Crippen LogP contribution < -0.4 is 0 Å². The minimum Gasteiger partial charge on any atom is -0.456 e. The molecule has 3 N–H and O–H groups in total. The summed E-state index contributed by atoms with van der Waals surface area (Å²) in [6.45, 7) is 1.64. The third-order valence-corrected chi connectivity index (χ3v) is 5.81. The summed E-state index contributed by atoms with van der Waals surface area (Å²) in [5.74, 6) is 2.01. The molecular formula is C25H24N2O6. The molecule has 0 amide bonds. The second-order valence-corrected chi connectivity index (χ2v) is 8.18. The van der Waals surface area contributed by atoms with Gasteiger partial charge in [0.2, 0.25) is 5.89 Å². The van der Waals surface area contributed by atoms with E-state index in [1.807, 2.05) is 61.5 Å². The molecule has 3 heterocycles. The Morgan fingerprint density at radius 1 is 0.879 bits per heavy atom. The number of hydrogen-bond acceptors (Lipinski definition) is 8. The van der Waals surface area contributed by atoms with E-state index in [2.05, 4.69) is 10.2 Å². The van der Waals surface area contributed by atoms with Gasteiger partial charge in [-0.05, 0) is 53.9 Å². The number of aliphatic hydroxyl groups is 3. The topological polar surface area (TPSA) is 122 Å². The monoisotopic (exact) mass is 448 g/mol. The number of rotatable bonds is 5. The van der Waals surface area contributed by atoms with E-state index in [0.717, 1.165) is 28.0 Å². The molecule has 1 aliphatic heterocycles. The molecule has 1 fully saturated rings. The molecule has 170 valence electrons. The van der Waals surface area contributed by atoms with Gasteiger partial charge in [0.05, 0.1) is 18.8 Å². The number of aromatic nitrogens is 2. The smallest absolute Gasteiger partial charge is 0.283 e. The van der Waals surface area contributed by atoms with Crippen molar-refractivity contribution in [2.45, 2.75) is 37.8 Å². The van der Waals surface area contributed by atoms with Gasteiger partial charge < -0.3 is 28.9 Å². The van der Waals surface area contributed by atoms with E-state index in [4.69, 9.17) is 13.6 Å². The van der Waals surface area contributed by atoms with Gasteiger partial charge >= 0.3 is 0 Å². The fraction of sp³-hybridized carbons (Fsp3) is 0.280. The van der Waals surface area contributed by atoms with Gasteiger partial charge in [-0.2, -0.15) is 0 Å². The molecule has 0 aliphatic carbocycles. The second-order valence-electron chi connectivity index (χ2n) is 8.18. The SMILES string of the molecule is Cc1ccc(-c2nnc(-c3ccc(-c4cccc([C@H]5OC(CO)CC(O)C5O)c4)cc3)o2)o1. The lowest BCUT2D eigenvalue weighted by Gasteiger charge is -2.37. The van der Waals surface area contributed by atoms with Gasteiger partial charge in [0.25, 0.3) is 5.89 Å². The van der Waals surface area contributed by atoms with Crippen LogP contribution in [-0.2, 0) is 4.74 Å². The molecule has 2 aromatic heterocycles. The summed E-state index contributed by atoms with van der Waals surface area (Å²) in [5.41, 5.74) is 3.38. The van der Waals surface area contributed by atoms with Crippen LogP contribution >= 0.6 is 0 Å². The molecule has 3 unspecified atom stereocenters. The molecule has 8 heteroatoms. The van der Waals surface area contributed by atoms with Gasteiger partial charge in [0.15, 0.2) is 5.76 Å². The minimum absolute atomic E-state index is 0.201. The Hall–Kier alpha value is -3.30. The summed E-state index contributed by atoms with van der Waals surface area (Å²) < 4.78 is 17.1. The van der Waals surface area contributed by atoms with E-state index in [1.165, 1.54) is 0 Å². The van der Waals surface area contributed by atoms with Crippen LogP contribution in [-0.4, -0.2) is 50.4 Å². The van der Waals surface area contributed by atoms with Gasteiger partial charge in [-0.25, -0.2) is 0 Å². The number of aliphatic hydroxyl groups excluding tert-OH is 3. The first-order valence-corrected chi connectivity index (χ1v) is 10.8. The van der Waals surface area contributed by atoms with Crippen molar-refractivity contribution in [3.8, 4) is 34.2 Å². The van der Waals surface area contributed by atoms with Crippen molar-refractivity contribution in [3.63, 3.8) is 0 Å². The maximum atomic E-state index is 10.4. The maximum Gasteiger partial charge on any atom is 0.283 e. The predicted octanol–water partition coefficient (Wildman–Crippen LogP) is 3.52. The summed E-state index contributed by atoms with van der Waals surface area (Å²) in [6, 6.07) is 18.9. The first-order chi connectivity index (χ1) is 16.0. The standard InChI is InChI=1S/C25H24N2O6/c1-14-5-10-21(31-14)25-27-26-24(33-25)16-8-6-15(7-9-16)17-3-2-4-18(11-17)23-22(30)20(29)12-19(13-28)32-23/h2-11,19-20,22-23,28-30H,12-13H2,1H3/t19?,20?,22?,23-/m1/s1. The molecule has 2 aromatic carbocycles. The third-order valence-electron chi connectivity index (χ3n) is 5.81. The Balaban J connectivity index is 1.37. The molecular weight excluding hydrogens is 424 g/mol. The Kier molecular flexibility index (Phi) is 5.82. The van der Waals surface area contributed by atoms with Crippen molar-refractivity contribution in [2.24, 2.45) is 0 Å². The normalized spacial score (nSPS) is 23.0. The van der Waals surface area contributed by atoms with Crippen molar-refractivity contribution in [3.05, 3.63) is 72.0 Å². The van der Waals surface area contributed by atoms with Crippen molar-refractivity contribution >= 4 is 0 Å². The van der Waals surface area contributed by atoms with Crippen LogP contribution in [0.3, 0.4) is 0 Å². The van der Waals surface area contributed by atoms with Crippen LogP contribution in [0, 0.1) is 6.92 Å². The van der Waals surface area contributed by atoms with Crippen LogP contribution in [0.1, 0.15) is 23.8 Å². The van der Waals surface area contributed by atoms with E-state index in [1.54, 1.807) is 6.07 Å². The average molecular weight is 448 g/mol. The number of furan rings is 1. The van der Waals surface area contributed by atoms with E-state index in [9.17, 15) is 15.3 Å². The lowest BCUT2D eigenvalue weighted by molar-refractivity contribution is -0.179. The zero-order chi connectivity index (χ0) is 22.9. The molecule has 4 atom stereocenters. The second kappa shape index (κ2) is 8.92. The lowest BCUT2D eigenvalue weighted by Crippen LogP contribution is -2.44. The highest BCUT2D eigenvalue weighted by Crippen LogP contribution is 2.34. The van der Waals surface area contributed by atoms with E-state index in [-0.39, 0.29) is 13.0 Å². The number of benzene rings is 2. The van der Waals surface area contributed by atoms with Crippen molar-refractivity contribution in [1.82, 2.24) is 10.2 Å². The molecule has 5 rings (SSSR count). The molecule has 0 spiro atoms. The van der Waals surface area contributed by atoms with Gasteiger partial charge in [-0.15, -0.1) is 10.2 Å². The Morgan fingerprint density at radius 3 is 2.36 bits per heavy atom. The molecule has 8 nitrogen and oxygen atoms in total.